The van der Waals surface area contributed by atoms with Gasteiger partial charge in [-0.3, -0.25) is 9.59 Å². The van der Waals surface area contributed by atoms with Gasteiger partial charge in [0.25, 0.3) is 0 Å². The summed E-state index contributed by atoms with van der Waals surface area (Å²) >= 11 is 0. The summed E-state index contributed by atoms with van der Waals surface area (Å²) in [7, 11) is 0. The Balaban J connectivity index is 1.80. The van der Waals surface area contributed by atoms with Crippen LogP contribution >= 0.6 is 0 Å². The van der Waals surface area contributed by atoms with Gasteiger partial charge in [0.15, 0.2) is 0 Å². The van der Waals surface area contributed by atoms with Gasteiger partial charge in [-0.25, -0.2) is 0 Å². The van der Waals surface area contributed by atoms with E-state index in [-0.39, 0.29) is 29.8 Å². The number of hydrogen-bond donors (Lipinski definition) is 2. The highest BCUT2D eigenvalue weighted by atomic mass is 16.2. The quantitative estimate of drug-likeness (QED) is 0.826. The van der Waals surface area contributed by atoms with Gasteiger partial charge in [0.05, 0.1) is 0 Å². The molecule has 2 amide bonds. The molecule has 2 unspecified atom stereocenters. The SMILES string of the molecule is CC(=O)Nc1cccc(CN(C(=O)C2CCCCC2)C2CCCCC2N)c1. The van der Waals surface area contributed by atoms with Crippen molar-refractivity contribution in [3.8, 4) is 0 Å². The fraction of sp³-hybridized carbons (Fsp3) is 0.636. The molecule has 0 spiro atoms. The Labute approximate surface area is 162 Å². The van der Waals surface area contributed by atoms with Gasteiger partial charge >= 0.3 is 0 Å². The van der Waals surface area contributed by atoms with Crippen LogP contribution in [-0.2, 0) is 16.1 Å². The van der Waals surface area contributed by atoms with Crippen LogP contribution in [0.3, 0.4) is 0 Å². The third-order valence-corrected chi connectivity index (χ3v) is 6.02. The van der Waals surface area contributed by atoms with Crippen molar-refractivity contribution in [1.82, 2.24) is 4.90 Å². The molecule has 0 aliphatic heterocycles. The molecule has 2 fully saturated rings. The highest BCUT2D eigenvalue weighted by Gasteiger charge is 2.34. The van der Waals surface area contributed by atoms with Crippen LogP contribution in [0.5, 0.6) is 0 Å². The molecule has 148 valence electrons. The van der Waals surface area contributed by atoms with E-state index in [1.54, 1.807) is 0 Å². The van der Waals surface area contributed by atoms with Crippen molar-refractivity contribution in [1.29, 1.82) is 0 Å². The number of carbonyl (C=O) groups is 2. The zero-order valence-corrected chi connectivity index (χ0v) is 16.5. The molecule has 2 aliphatic rings. The summed E-state index contributed by atoms with van der Waals surface area (Å²) < 4.78 is 0. The van der Waals surface area contributed by atoms with Crippen molar-refractivity contribution in [2.75, 3.05) is 5.32 Å². The standard InChI is InChI=1S/C22H33N3O2/c1-16(26)24-19-11-7-8-17(14-19)15-25(21-13-6-5-12-20(21)23)22(27)18-9-3-2-4-10-18/h7-8,11,14,18,20-21H,2-6,9-10,12-13,15,23H2,1H3,(H,24,26). The molecule has 1 aromatic carbocycles. The molecule has 5 nitrogen and oxygen atoms in total. The molecule has 5 heteroatoms. The maximum atomic E-state index is 13.4. The van der Waals surface area contributed by atoms with Crippen molar-refractivity contribution in [3.05, 3.63) is 29.8 Å². The largest absolute Gasteiger partial charge is 0.334 e. The lowest BCUT2D eigenvalue weighted by atomic mass is 9.85. The first-order valence-corrected chi connectivity index (χ1v) is 10.5. The number of nitrogens with two attached hydrogens (primary N) is 1. The van der Waals surface area contributed by atoms with E-state index >= 15 is 0 Å². The van der Waals surface area contributed by atoms with E-state index < -0.39 is 0 Å². The van der Waals surface area contributed by atoms with Crippen LogP contribution in [0, 0.1) is 5.92 Å². The maximum absolute atomic E-state index is 13.4. The summed E-state index contributed by atoms with van der Waals surface area (Å²) in [4.78, 5) is 26.8. The average Bonchev–Trinajstić information content (AvgIpc) is 2.67. The van der Waals surface area contributed by atoms with Gasteiger partial charge in [0.1, 0.15) is 0 Å². The number of carbonyl (C=O) groups excluding carboxylic acids is 2. The first kappa shape index (κ1) is 19.9. The van der Waals surface area contributed by atoms with Gasteiger partial charge in [-0.15, -0.1) is 0 Å². The predicted molar refractivity (Wildman–Crippen MR) is 108 cm³/mol. The predicted octanol–water partition coefficient (Wildman–Crippen LogP) is 3.82. The molecule has 1 aromatic rings. The van der Waals surface area contributed by atoms with Gasteiger partial charge in [-0.1, -0.05) is 44.2 Å². The normalized spacial score (nSPS) is 23.6. The topological polar surface area (TPSA) is 75.4 Å². The van der Waals surface area contributed by atoms with E-state index in [1.807, 2.05) is 24.3 Å². The summed E-state index contributed by atoms with van der Waals surface area (Å²) in [5.74, 6) is 0.338. The minimum Gasteiger partial charge on any atom is -0.334 e. The number of hydrogen-bond acceptors (Lipinski definition) is 3. The molecule has 0 heterocycles. The number of nitrogens with one attached hydrogen (secondary N) is 1. The van der Waals surface area contributed by atoms with Crippen molar-refractivity contribution in [3.63, 3.8) is 0 Å². The lowest BCUT2D eigenvalue weighted by Crippen LogP contribution is -2.53. The third-order valence-electron chi connectivity index (χ3n) is 6.02. The van der Waals surface area contributed by atoms with Gasteiger partial charge in [-0.2, -0.15) is 0 Å². The minimum atomic E-state index is -0.0865. The average molecular weight is 372 g/mol. The minimum absolute atomic E-state index is 0.0600. The molecule has 2 atom stereocenters. The van der Waals surface area contributed by atoms with Crippen LogP contribution in [0.2, 0.25) is 0 Å². The first-order valence-electron chi connectivity index (χ1n) is 10.5. The van der Waals surface area contributed by atoms with Crippen molar-refractivity contribution < 1.29 is 9.59 Å². The molecule has 27 heavy (non-hydrogen) atoms. The zero-order chi connectivity index (χ0) is 19.2. The molecule has 3 rings (SSSR count). The van der Waals surface area contributed by atoms with Gasteiger partial charge in [0.2, 0.25) is 11.8 Å². The third kappa shape index (κ3) is 5.32. The van der Waals surface area contributed by atoms with E-state index in [0.717, 1.165) is 62.6 Å². The summed E-state index contributed by atoms with van der Waals surface area (Å²) in [5.41, 5.74) is 8.27. The Kier molecular flexibility index (Phi) is 6.89. The zero-order valence-electron chi connectivity index (χ0n) is 16.5. The summed E-state index contributed by atoms with van der Waals surface area (Å²) in [6.07, 6.45) is 9.83. The van der Waals surface area contributed by atoms with Crippen molar-refractivity contribution >= 4 is 17.5 Å². The van der Waals surface area contributed by atoms with E-state index in [1.165, 1.54) is 13.3 Å². The summed E-state index contributed by atoms with van der Waals surface area (Å²) in [6, 6.07) is 8.00. The second kappa shape index (κ2) is 9.36. The second-order valence-corrected chi connectivity index (χ2v) is 8.20. The van der Waals surface area contributed by atoms with E-state index in [0.29, 0.717) is 6.54 Å². The smallest absolute Gasteiger partial charge is 0.226 e. The van der Waals surface area contributed by atoms with Crippen LogP contribution < -0.4 is 11.1 Å². The summed E-state index contributed by atoms with van der Waals surface area (Å²) in [5, 5.41) is 2.83. The van der Waals surface area contributed by atoms with Gasteiger partial charge in [0, 0.05) is 37.2 Å². The Morgan fingerprint density at radius 2 is 1.78 bits per heavy atom. The molecule has 3 N–H and O–H groups in total. The van der Waals surface area contributed by atoms with Crippen LogP contribution in [0.25, 0.3) is 0 Å². The number of amides is 2. The molecular weight excluding hydrogens is 338 g/mol. The molecule has 2 saturated carbocycles. The molecule has 2 aliphatic carbocycles. The van der Waals surface area contributed by atoms with Crippen LogP contribution in [0.1, 0.15) is 70.3 Å². The fourth-order valence-corrected chi connectivity index (χ4v) is 4.62. The van der Waals surface area contributed by atoms with E-state index in [2.05, 4.69) is 10.2 Å². The van der Waals surface area contributed by atoms with Crippen molar-refractivity contribution in [2.45, 2.75) is 83.3 Å². The first-order chi connectivity index (χ1) is 13.0. The fourth-order valence-electron chi connectivity index (χ4n) is 4.62. The van der Waals surface area contributed by atoms with Crippen molar-refractivity contribution in [2.24, 2.45) is 11.7 Å². The monoisotopic (exact) mass is 371 g/mol. The molecule has 0 aromatic heterocycles. The van der Waals surface area contributed by atoms with Gasteiger partial charge in [-0.05, 0) is 43.4 Å². The Morgan fingerprint density at radius 1 is 1.07 bits per heavy atom. The summed E-state index contributed by atoms with van der Waals surface area (Å²) in [6.45, 7) is 2.08. The molecular formula is C22H33N3O2. The number of nitrogens with zero attached hydrogens (tertiary/aromatic N) is 1. The number of anilines is 1. The van der Waals surface area contributed by atoms with E-state index in [9.17, 15) is 9.59 Å². The number of benzene rings is 1. The van der Waals surface area contributed by atoms with Crippen LogP contribution in [0.15, 0.2) is 24.3 Å². The Hall–Kier alpha value is -1.88. The lowest BCUT2D eigenvalue weighted by molar-refractivity contribution is -0.141. The van der Waals surface area contributed by atoms with E-state index in [4.69, 9.17) is 5.73 Å². The number of rotatable bonds is 5. The van der Waals surface area contributed by atoms with Crippen LogP contribution in [0.4, 0.5) is 5.69 Å². The maximum Gasteiger partial charge on any atom is 0.226 e. The Bertz CT molecular complexity index is 655. The molecule has 0 bridgehead atoms. The molecule has 0 radical (unpaired) electrons. The second-order valence-electron chi connectivity index (χ2n) is 8.20. The van der Waals surface area contributed by atoms with Crippen LogP contribution in [-0.4, -0.2) is 28.8 Å². The molecule has 0 saturated heterocycles. The van der Waals surface area contributed by atoms with Gasteiger partial charge < -0.3 is 16.0 Å². The Morgan fingerprint density at radius 3 is 2.48 bits per heavy atom. The highest BCUT2D eigenvalue weighted by molar-refractivity contribution is 5.88. The highest BCUT2D eigenvalue weighted by Crippen LogP contribution is 2.30. The lowest BCUT2D eigenvalue weighted by Gasteiger charge is -2.40.